The van der Waals surface area contributed by atoms with E-state index in [1.165, 1.54) is 0 Å². The van der Waals surface area contributed by atoms with Gasteiger partial charge in [-0.2, -0.15) is 0 Å². The predicted octanol–water partition coefficient (Wildman–Crippen LogP) is -4.70. The zero-order chi connectivity index (χ0) is 13.6. The van der Waals surface area contributed by atoms with Crippen LogP contribution in [-0.4, -0.2) is 93.5 Å². The second-order valence-electron chi connectivity index (χ2n) is 2.41. The molecule has 0 spiro atoms. The maximum absolute atomic E-state index is 9.57. The minimum absolute atomic E-state index is 0. The minimum Gasteiger partial charge on any atom is -0.748 e. The van der Waals surface area contributed by atoms with Crippen LogP contribution in [0, 0.1) is 0 Å². The molecule has 4 N–H and O–H groups in total. The summed E-state index contributed by atoms with van der Waals surface area (Å²) in [6.07, 6.45) is -4.12. The fraction of sp³-hybridized carbons (Fsp3) is 1.00. The Labute approximate surface area is 114 Å². The Kier molecular flexibility index (Phi) is 12.5. The van der Waals surface area contributed by atoms with E-state index < -0.39 is 44.3 Å². The molecule has 0 rings (SSSR count). The Morgan fingerprint density at radius 2 is 0.941 bits per heavy atom. The minimum atomic E-state index is -4.47. The van der Waals surface area contributed by atoms with E-state index in [2.05, 4.69) is 0 Å². The van der Waals surface area contributed by atoms with Gasteiger partial charge in [-0.05, 0) is 0 Å². The predicted molar refractivity (Wildman–Crippen MR) is 51.3 cm³/mol. The van der Waals surface area contributed by atoms with Gasteiger partial charge in [-0.15, -0.1) is 0 Å². The molecule has 0 amide bonds. The molecule has 0 aliphatic rings. The molecule has 0 bridgehead atoms. The maximum Gasteiger partial charge on any atom is 2.00 e. The number of rotatable bonds is 4. The van der Waals surface area contributed by atoms with E-state index in [-0.39, 0.29) is 23.1 Å². The summed E-state index contributed by atoms with van der Waals surface area (Å²) in [7, 11) is -8.95. The summed E-state index contributed by atoms with van der Waals surface area (Å²) >= 11 is 0. The van der Waals surface area contributed by atoms with Gasteiger partial charge in [0.1, 0.15) is 0 Å². The van der Waals surface area contributed by atoms with Crippen LogP contribution in [0.4, 0.5) is 0 Å². The molecule has 0 saturated carbocycles. The Morgan fingerprint density at radius 3 is 0.941 bits per heavy atom. The molecule has 13 heteroatoms. The van der Waals surface area contributed by atoms with Crippen LogP contribution in [0.15, 0.2) is 0 Å². The van der Waals surface area contributed by atoms with E-state index in [0.717, 1.165) is 0 Å². The monoisotopic (exact) mass is 306 g/mol. The SMILES string of the molecule is O=S(=O)([O-])CC(O)O.O=S(=O)([O-])CC(O)O.[Mg+2]. The van der Waals surface area contributed by atoms with Crippen LogP contribution in [0.2, 0.25) is 0 Å². The second-order valence-corrected chi connectivity index (χ2v) is 5.31. The van der Waals surface area contributed by atoms with Crippen LogP contribution in [0.5, 0.6) is 0 Å². The summed E-state index contributed by atoms with van der Waals surface area (Å²) in [5, 5.41) is 31.5. The molecule has 0 atom stereocenters. The van der Waals surface area contributed by atoms with E-state index in [9.17, 15) is 25.9 Å². The van der Waals surface area contributed by atoms with Gasteiger partial charge in [0.15, 0.2) is 12.6 Å². The van der Waals surface area contributed by atoms with E-state index >= 15 is 0 Å². The summed E-state index contributed by atoms with van der Waals surface area (Å²) in [6.45, 7) is 0. The van der Waals surface area contributed by atoms with Gasteiger partial charge < -0.3 is 29.5 Å². The molecule has 0 aliphatic heterocycles. The van der Waals surface area contributed by atoms with Gasteiger partial charge in [-0.25, -0.2) is 16.8 Å². The average Bonchev–Trinajstić information content (AvgIpc) is 1.72. The van der Waals surface area contributed by atoms with Gasteiger partial charge in [0.05, 0.1) is 31.7 Å². The smallest absolute Gasteiger partial charge is 0.748 e. The Morgan fingerprint density at radius 1 is 0.765 bits per heavy atom. The standard InChI is InChI=1S/2C2H6O5S.Mg/c2*3-2(4)1-8(5,6)7;/h2*2-4H,1H2,(H,5,6,7);/q;;+2/p-2. The molecule has 0 aromatic rings. The summed E-state index contributed by atoms with van der Waals surface area (Å²) < 4.78 is 57.4. The normalized spacial score (nSPS) is 11.8. The Bertz CT molecular complexity index is 331. The molecular weight excluding hydrogens is 296 g/mol. The molecule has 100 valence electrons. The third-order valence-corrected chi connectivity index (χ3v) is 2.12. The van der Waals surface area contributed by atoms with Crippen LogP contribution >= 0.6 is 0 Å². The first-order valence-corrected chi connectivity index (χ1v) is 6.58. The van der Waals surface area contributed by atoms with Crippen LogP contribution in [0.25, 0.3) is 0 Å². The number of hydrogen-bond acceptors (Lipinski definition) is 10. The summed E-state index contributed by atoms with van der Waals surface area (Å²) in [5.41, 5.74) is 0. The van der Waals surface area contributed by atoms with E-state index in [0.29, 0.717) is 0 Å². The van der Waals surface area contributed by atoms with Gasteiger partial charge >= 0.3 is 23.1 Å². The molecule has 0 fully saturated rings. The molecule has 0 unspecified atom stereocenters. The maximum atomic E-state index is 9.57. The van der Waals surface area contributed by atoms with Crippen molar-refractivity contribution in [2.24, 2.45) is 0 Å². The van der Waals surface area contributed by atoms with Crippen molar-refractivity contribution < 1.29 is 46.4 Å². The first-order valence-electron chi connectivity index (χ1n) is 3.43. The third-order valence-electron chi connectivity index (χ3n) is 0.706. The van der Waals surface area contributed by atoms with Crippen LogP contribution in [0.1, 0.15) is 0 Å². The first kappa shape index (κ1) is 22.6. The number of aliphatic hydroxyl groups excluding tert-OH is 2. The Balaban J connectivity index is -0.000000218. The molecule has 10 nitrogen and oxygen atoms in total. The second kappa shape index (κ2) is 9.37. The first-order chi connectivity index (χ1) is 6.83. The van der Waals surface area contributed by atoms with Gasteiger partial charge in [-0.1, -0.05) is 0 Å². The molecule has 0 saturated heterocycles. The van der Waals surface area contributed by atoms with Crippen molar-refractivity contribution in [3.8, 4) is 0 Å². The molecule has 0 radical (unpaired) electrons. The topological polar surface area (TPSA) is 195 Å². The zero-order valence-corrected chi connectivity index (χ0v) is 11.4. The fourth-order valence-electron chi connectivity index (χ4n) is 0.365. The largest absolute Gasteiger partial charge is 2.00 e. The molecule has 0 aromatic carbocycles. The van der Waals surface area contributed by atoms with Crippen molar-refractivity contribution >= 4 is 43.3 Å². The van der Waals surface area contributed by atoms with Crippen LogP contribution in [0.3, 0.4) is 0 Å². The molecule has 0 heterocycles. The number of hydrogen-bond donors (Lipinski definition) is 4. The van der Waals surface area contributed by atoms with Crippen LogP contribution in [-0.2, 0) is 20.2 Å². The molecule has 0 aromatic heterocycles. The van der Waals surface area contributed by atoms with Crippen molar-refractivity contribution in [3.63, 3.8) is 0 Å². The van der Waals surface area contributed by atoms with Crippen molar-refractivity contribution in [2.75, 3.05) is 11.5 Å². The van der Waals surface area contributed by atoms with E-state index in [1.807, 2.05) is 0 Å². The average molecular weight is 307 g/mol. The number of aliphatic hydroxyl groups is 4. The van der Waals surface area contributed by atoms with E-state index in [1.54, 1.807) is 0 Å². The third kappa shape index (κ3) is 31.4. The van der Waals surface area contributed by atoms with Crippen molar-refractivity contribution in [1.82, 2.24) is 0 Å². The molecular formula is C4H10MgO10S2. The van der Waals surface area contributed by atoms with Crippen molar-refractivity contribution in [3.05, 3.63) is 0 Å². The molecule has 0 aliphatic carbocycles. The molecule has 17 heavy (non-hydrogen) atoms. The summed E-state index contributed by atoms with van der Waals surface area (Å²) in [5.74, 6) is -2.29. The van der Waals surface area contributed by atoms with E-state index in [4.69, 9.17) is 20.4 Å². The van der Waals surface area contributed by atoms with Gasteiger partial charge in [0, 0.05) is 0 Å². The van der Waals surface area contributed by atoms with Gasteiger partial charge in [0.2, 0.25) is 0 Å². The van der Waals surface area contributed by atoms with Crippen molar-refractivity contribution in [1.29, 1.82) is 0 Å². The van der Waals surface area contributed by atoms with Gasteiger partial charge in [0.25, 0.3) is 0 Å². The van der Waals surface area contributed by atoms with Crippen molar-refractivity contribution in [2.45, 2.75) is 12.6 Å². The fourth-order valence-corrected chi connectivity index (χ4v) is 1.10. The van der Waals surface area contributed by atoms with Gasteiger partial charge in [-0.3, -0.25) is 0 Å². The summed E-state index contributed by atoms with van der Waals surface area (Å²) in [4.78, 5) is 0. The van der Waals surface area contributed by atoms with Crippen LogP contribution < -0.4 is 0 Å². The summed E-state index contributed by atoms with van der Waals surface area (Å²) in [6, 6.07) is 0. The zero-order valence-electron chi connectivity index (χ0n) is 8.33. The quantitative estimate of drug-likeness (QED) is 0.222. The Hall–Kier alpha value is 0.426.